The Kier molecular flexibility index (Phi) is 25.3. The fourth-order valence-corrected chi connectivity index (χ4v) is 15.0. The normalized spacial score (nSPS) is 11.3. The van der Waals surface area contributed by atoms with E-state index in [4.69, 9.17) is 28.7 Å². The molecule has 23 nitrogen and oxygen atoms in total. The van der Waals surface area contributed by atoms with Crippen LogP contribution in [0.2, 0.25) is 0 Å². The monoisotopic (exact) mass is 1570 g/mol. The van der Waals surface area contributed by atoms with Crippen molar-refractivity contribution in [1.82, 2.24) is 59.8 Å². The maximum atomic E-state index is 14.8. The van der Waals surface area contributed by atoms with Crippen molar-refractivity contribution < 1.29 is 42.8 Å². The van der Waals surface area contributed by atoms with E-state index in [2.05, 4.69) is 59.8 Å². The molecule has 0 fully saturated rings. The zero-order valence-electron chi connectivity index (χ0n) is 59.4. The van der Waals surface area contributed by atoms with Crippen molar-refractivity contribution in [3.8, 4) is 89.5 Å². The Bertz CT molecular complexity index is 6000. The summed E-state index contributed by atoms with van der Waals surface area (Å²) < 4.78 is 132. The number of nitrogens with zero attached hydrogens (tertiary/aromatic N) is 12. The van der Waals surface area contributed by atoms with Gasteiger partial charge in [0.15, 0.2) is 24.8 Å². The number of benzene rings is 8. The number of thioether (sulfide) groups is 1. The van der Waals surface area contributed by atoms with E-state index in [1.165, 1.54) is 104 Å². The van der Waals surface area contributed by atoms with E-state index in [1.807, 2.05) is 30.3 Å². The molecule has 0 spiro atoms. The van der Waals surface area contributed by atoms with E-state index in [1.54, 1.807) is 147 Å². The molecule has 0 saturated heterocycles. The molecule has 31 heteroatoms. The molecule has 0 unspecified atom stereocenters. The Labute approximate surface area is 641 Å². The van der Waals surface area contributed by atoms with Crippen LogP contribution in [0.4, 0.5) is 46.7 Å². The van der Waals surface area contributed by atoms with Crippen LogP contribution < -0.4 is 28.7 Å². The molecule has 0 aliphatic rings. The summed E-state index contributed by atoms with van der Waals surface area (Å²) in [5.41, 5.74) is 38.9. The van der Waals surface area contributed by atoms with Crippen LogP contribution in [0.25, 0.3) is 89.5 Å². The van der Waals surface area contributed by atoms with Crippen LogP contribution in [-0.2, 0) is 52.5 Å². The van der Waals surface area contributed by atoms with E-state index >= 15 is 0 Å². The number of hydrogen-bond donors (Lipinski definition) is 5. The standard InChI is InChI=1S/C21H17FN6S.C21H16FN5O2S.C20H20FN3O2S.C18H16FN3O2S/c22-17-9-13(5-6-16(17)18-10-27-20(24)11-26-18)15-4-2-1-3-14(15)12-29-21-25-8-7-19(23)28-21;22-18-10-14(6-7-17(18)19-11-27-20(23)12-26-19)16-5-2-1-4-15(16)13-30(28,29)21-24-8-3-9-25-21;1-13(2)27(25,26)12-15-5-3-4-6-16(15)14-7-8-17(18(21)9-14)19-10-24-20(22)11-23-19;1-25(23,24)11-13-4-2-3-5-14(13)12-6-7-15(16(19)8-12)17-9-22-18(20)10-21-17/h1-11H,12H2,(H2,24,27)(H2,23,25,28);1-12H,13H2,(H2,23,27);3-11,13H,12H2,1-2H3,(H2,22,24);2-10H,11H2,1H3,(H2,20,22). The van der Waals surface area contributed by atoms with Crippen LogP contribution in [0.3, 0.4) is 0 Å². The Morgan fingerprint density at radius 1 is 0.342 bits per heavy atom. The van der Waals surface area contributed by atoms with Crippen molar-refractivity contribution in [3.63, 3.8) is 0 Å². The minimum absolute atomic E-state index is 0.0896. The van der Waals surface area contributed by atoms with Gasteiger partial charge in [-0.2, -0.15) is 0 Å². The van der Waals surface area contributed by atoms with Crippen LogP contribution >= 0.6 is 11.8 Å². The smallest absolute Gasteiger partial charge is 0.247 e. The van der Waals surface area contributed by atoms with E-state index in [0.29, 0.717) is 112 Å². The number of rotatable bonds is 19. The molecule has 111 heavy (non-hydrogen) atoms. The molecule has 0 atom stereocenters. The third kappa shape index (κ3) is 20.9. The second-order valence-corrected chi connectivity index (χ2v) is 32.5. The third-order valence-electron chi connectivity index (χ3n) is 16.7. The van der Waals surface area contributed by atoms with E-state index in [0.717, 1.165) is 16.7 Å². The first kappa shape index (κ1) is 79.2. The maximum Gasteiger partial charge on any atom is 0.247 e. The highest BCUT2D eigenvalue weighted by Crippen LogP contribution is 2.36. The van der Waals surface area contributed by atoms with Gasteiger partial charge in [-0.15, -0.1) is 0 Å². The summed E-state index contributed by atoms with van der Waals surface area (Å²) in [5, 5.41) is -0.125. The molecule has 0 saturated carbocycles. The van der Waals surface area contributed by atoms with Crippen LogP contribution in [-0.4, -0.2) is 96.6 Å². The van der Waals surface area contributed by atoms with Crippen molar-refractivity contribution in [2.24, 2.45) is 0 Å². The van der Waals surface area contributed by atoms with Gasteiger partial charge in [-0.1, -0.05) is 133 Å². The molecular weight excluding hydrogens is 1500 g/mol. The van der Waals surface area contributed by atoms with E-state index in [-0.39, 0.29) is 51.2 Å². The number of hydrogen-bond acceptors (Lipinski definition) is 24. The summed E-state index contributed by atoms with van der Waals surface area (Å²) in [6, 6.07) is 51.3. The first-order valence-corrected chi connectivity index (χ1v) is 40.0. The Balaban J connectivity index is 0.000000147. The zero-order valence-corrected chi connectivity index (χ0v) is 62.7. The Morgan fingerprint density at radius 3 is 1.00 bits per heavy atom. The number of aromatic nitrogens is 12. The molecule has 0 aliphatic heterocycles. The second kappa shape index (κ2) is 35.5. The van der Waals surface area contributed by atoms with Crippen LogP contribution in [0, 0.1) is 23.3 Å². The van der Waals surface area contributed by atoms with Gasteiger partial charge in [0.25, 0.3) is 0 Å². The second-order valence-electron chi connectivity index (χ2n) is 25.0. The fraction of sp³-hybridized carbons (Fsp3) is 0.100. The zero-order chi connectivity index (χ0) is 79.0. The molecular formula is C80H69F4N17O6S4. The molecule has 10 N–H and O–H groups in total. The first-order chi connectivity index (χ1) is 53.1. The van der Waals surface area contributed by atoms with Crippen LogP contribution in [0.5, 0.6) is 0 Å². The molecule has 14 rings (SSSR count). The number of nitrogen functional groups attached to an aromatic ring is 5. The Hall–Kier alpha value is -12.8. The van der Waals surface area contributed by atoms with Gasteiger partial charge in [-0.05, 0) is 141 Å². The van der Waals surface area contributed by atoms with Crippen LogP contribution in [0.1, 0.15) is 36.1 Å². The van der Waals surface area contributed by atoms with Gasteiger partial charge in [-0.3, -0.25) is 19.9 Å². The molecule has 562 valence electrons. The lowest BCUT2D eigenvalue weighted by Gasteiger charge is -2.13. The lowest BCUT2D eigenvalue weighted by atomic mass is 9.98. The SMILES string of the molecule is CC(C)S(=O)(=O)Cc1ccccc1-c1ccc(-c2cnc(N)cn2)c(F)c1.CS(=O)(=O)Cc1ccccc1-c1ccc(-c2cnc(N)cn2)c(F)c1.Nc1cnc(-c2ccc(-c3ccccc3CS(=O)(=O)c3ncccn3)cc2F)cn1.Nc1cnc(-c2ccc(-c3ccccc3CSc3nccc(N)n3)cc2F)cn1. The van der Waals surface area contributed by atoms with Gasteiger partial charge in [-0.25, -0.2) is 82.7 Å². The summed E-state index contributed by atoms with van der Waals surface area (Å²) in [4.78, 5) is 48.2. The minimum Gasteiger partial charge on any atom is -0.384 e. The topological polar surface area (TPSA) is 387 Å². The average molecular weight is 1570 g/mol. The van der Waals surface area contributed by atoms with Crippen molar-refractivity contribution in [3.05, 3.63) is 296 Å². The summed E-state index contributed by atoms with van der Waals surface area (Å²) in [7, 11) is -10.2. The summed E-state index contributed by atoms with van der Waals surface area (Å²) >= 11 is 1.48. The predicted molar refractivity (Wildman–Crippen MR) is 424 cm³/mol. The van der Waals surface area contributed by atoms with Gasteiger partial charge in [0.05, 0.1) is 94.9 Å². The molecule has 8 aromatic carbocycles. The van der Waals surface area contributed by atoms with Gasteiger partial charge >= 0.3 is 0 Å². The van der Waals surface area contributed by atoms with Gasteiger partial charge in [0.1, 0.15) is 52.4 Å². The molecule has 14 aromatic rings. The maximum absolute atomic E-state index is 14.8. The molecule has 0 amide bonds. The fourth-order valence-electron chi connectivity index (χ4n) is 11.1. The highest BCUT2D eigenvalue weighted by molar-refractivity contribution is 7.98. The molecule has 0 aliphatic carbocycles. The van der Waals surface area contributed by atoms with Gasteiger partial charge in [0.2, 0.25) is 15.0 Å². The summed E-state index contributed by atoms with van der Waals surface area (Å²) in [5.74, 6) is -0.186. The highest BCUT2D eigenvalue weighted by atomic mass is 32.2. The van der Waals surface area contributed by atoms with Crippen molar-refractivity contribution in [2.75, 3.05) is 34.9 Å². The lowest BCUT2D eigenvalue weighted by Crippen LogP contribution is -2.16. The highest BCUT2D eigenvalue weighted by Gasteiger charge is 2.24. The molecule has 0 bridgehead atoms. The van der Waals surface area contributed by atoms with Crippen molar-refractivity contribution in [1.29, 1.82) is 0 Å². The number of sulfone groups is 3. The molecule has 6 aromatic heterocycles. The number of anilines is 5. The number of nitrogens with two attached hydrogens (primary N) is 5. The molecule has 6 heterocycles. The Morgan fingerprint density at radius 2 is 0.676 bits per heavy atom. The van der Waals surface area contributed by atoms with Crippen molar-refractivity contribution >= 4 is 70.4 Å². The quantitative estimate of drug-likeness (QED) is 0.0285. The van der Waals surface area contributed by atoms with E-state index < -0.39 is 52.2 Å². The van der Waals surface area contributed by atoms with Crippen molar-refractivity contribution in [2.45, 2.75) is 52.4 Å². The summed E-state index contributed by atoms with van der Waals surface area (Å²) in [6.07, 6.45) is 16.7. The largest absolute Gasteiger partial charge is 0.384 e. The average Bonchev–Trinajstić information content (AvgIpc) is 0.826. The van der Waals surface area contributed by atoms with Gasteiger partial charge < -0.3 is 28.7 Å². The lowest BCUT2D eigenvalue weighted by molar-refractivity contribution is 0.584. The predicted octanol–water partition coefficient (Wildman–Crippen LogP) is 14.4. The summed E-state index contributed by atoms with van der Waals surface area (Å²) in [6.45, 7) is 3.31. The molecule has 0 radical (unpaired) electrons. The minimum atomic E-state index is -3.76. The van der Waals surface area contributed by atoms with E-state index in [9.17, 15) is 42.8 Å². The van der Waals surface area contributed by atoms with Gasteiger partial charge in [0, 0.05) is 52.9 Å². The first-order valence-electron chi connectivity index (χ1n) is 33.6. The third-order valence-corrected chi connectivity index (χ3v) is 22.0. The van der Waals surface area contributed by atoms with Crippen LogP contribution in [0.15, 0.2) is 260 Å². The number of halogens is 4.